The first-order valence-electron chi connectivity index (χ1n) is 11.5. The number of urea groups is 1. The molecule has 0 unspecified atom stereocenters. The average molecular weight is 458 g/mol. The summed E-state index contributed by atoms with van der Waals surface area (Å²) in [5, 5.41) is 5.93. The van der Waals surface area contributed by atoms with E-state index in [1.54, 1.807) is 36.2 Å². The van der Waals surface area contributed by atoms with Crippen molar-refractivity contribution in [1.82, 2.24) is 15.1 Å². The third kappa shape index (κ3) is 4.46. The largest absolute Gasteiger partial charge is 0.435 e. The van der Waals surface area contributed by atoms with Gasteiger partial charge in [0.05, 0.1) is 5.54 Å². The third-order valence-corrected chi connectivity index (χ3v) is 7.29. The first-order chi connectivity index (χ1) is 15.8. The van der Waals surface area contributed by atoms with Crippen LogP contribution in [0.15, 0.2) is 30.3 Å². The van der Waals surface area contributed by atoms with Crippen LogP contribution >= 0.6 is 0 Å². The van der Waals surface area contributed by atoms with Crippen LogP contribution in [0.2, 0.25) is 0 Å². The summed E-state index contributed by atoms with van der Waals surface area (Å²) in [6, 6.07) is 8.98. The molecule has 3 aliphatic rings. The first-order valence-corrected chi connectivity index (χ1v) is 11.5. The highest BCUT2D eigenvalue weighted by atomic mass is 16.6. The summed E-state index contributed by atoms with van der Waals surface area (Å²) in [6.07, 6.45) is 2.60. The van der Waals surface area contributed by atoms with E-state index in [9.17, 15) is 19.2 Å². The number of carbonyl (C=O) groups excluding carboxylic acids is 4. The number of nitrogens with two attached hydrogens (primary N) is 1. The van der Waals surface area contributed by atoms with Crippen LogP contribution in [0.5, 0.6) is 0 Å². The number of amides is 5. The maximum atomic E-state index is 13.4. The average Bonchev–Trinajstić information content (AvgIpc) is 3.37. The van der Waals surface area contributed by atoms with Crippen molar-refractivity contribution in [3.63, 3.8) is 0 Å². The number of hydrogen-bond donors (Lipinski definition) is 3. The van der Waals surface area contributed by atoms with Gasteiger partial charge in [-0.1, -0.05) is 31.0 Å². The zero-order valence-electron chi connectivity index (χ0n) is 18.8. The molecule has 2 saturated heterocycles. The lowest BCUT2D eigenvalue weighted by molar-refractivity contribution is -0.136. The van der Waals surface area contributed by atoms with E-state index in [-0.39, 0.29) is 12.1 Å². The van der Waals surface area contributed by atoms with E-state index < -0.39 is 35.5 Å². The van der Waals surface area contributed by atoms with Crippen molar-refractivity contribution in [3.8, 4) is 0 Å². The first kappa shape index (κ1) is 22.9. The number of likely N-dealkylation sites (tertiary alicyclic amines) is 2. The second kappa shape index (κ2) is 9.29. The summed E-state index contributed by atoms with van der Waals surface area (Å²) in [6.45, 7) is 0.767. The van der Waals surface area contributed by atoms with Crippen molar-refractivity contribution in [2.45, 2.75) is 56.2 Å². The van der Waals surface area contributed by atoms with E-state index in [2.05, 4.69) is 10.6 Å². The topological polar surface area (TPSA) is 134 Å². The molecular formula is C23H31N5O5. The quantitative estimate of drug-likeness (QED) is 0.632. The van der Waals surface area contributed by atoms with E-state index in [1.165, 1.54) is 4.90 Å². The van der Waals surface area contributed by atoms with Crippen LogP contribution < -0.4 is 16.4 Å². The minimum Gasteiger partial charge on any atom is -0.435 e. The minimum absolute atomic E-state index is 0.112. The van der Waals surface area contributed by atoms with Crippen LogP contribution in [0.25, 0.3) is 0 Å². The lowest BCUT2D eigenvalue weighted by Crippen LogP contribution is -2.59. The normalized spacial score (nSPS) is 24.7. The van der Waals surface area contributed by atoms with Gasteiger partial charge in [-0.2, -0.15) is 0 Å². The fourth-order valence-electron chi connectivity index (χ4n) is 5.49. The maximum Gasteiger partial charge on any atom is 0.405 e. The summed E-state index contributed by atoms with van der Waals surface area (Å²) in [5.41, 5.74) is 4.91. The van der Waals surface area contributed by atoms with E-state index in [0.717, 1.165) is 25.7 Å². The second-order valence-electron chi connectivity index (χ2n) is 9.11. The van der Waals surface area contributed by atoms with Crippen LogP contribution in [-0.4, -0.2) is 71.6 Å². The Morgan fingerprint density at radius 3 is 2.33 bits per heavy atom. The molecule has 0 radical (unpaired) electrons. The molecule has 4 rings (SSSR count). The van der Waals surface area contributed by atoms with E-state index in [4.69, 9.17) is 10.5 Å². The molecule has 1 aromatic rings. The van der Waals surface area contributed by atoms with Crippen molar-refractivity contribution in [3.05, 3.63) is 30.3 Å². The third-order valence-electron chi connectivity index (χ3n) is 7.29. The number of benzene rings is 1. The Kier molecular flexibility index (Phi) is 6.44. The Bertz CT molecular complexity index is 909. The maximum absolute atomic E-state index is 13.4. The van der Waals surface area contributed by atoms with Gasteiger partial charge in [0.1, 0.15) is 5.92 Å². The number of ether oxygens (including phenoxy) is 1. The van der Waals surface area contributed by atoms with Gasteiger partial charge in [-0.05, 0) is 37.8 Å². The molecule has 1 saturated carbocycles. The number of primary amides is 1. The number of nitrogens with one attached hydrogen (secondary N) is 2. The van der Waals surface area contributed by atoms with Gasteiger partial charge in [-0.3, -0.25) is 9.59 Å². The smallest absolute Gasteiger partial charge is 0.405 e. The van der Waals surface area contributed by atoms with Crippen LogP contribution in [0.3, 0.4) is 0 Å². The number of nitrogens with zero attached hydrogens (tertiary/aromatic N) is 2. The molecule has 178 valence electrons. The molecule has 4 N–H and O–H groups in total. The van der Waals surface area contributed by atoms with Gasteiger partial charge in [-0.15, -0.1) is 0 Å². The predicted octanol–water partition coefficient (Wildman–Crippen LogP) is 1.66. The van der Waals surface area contributed by atoms with Gasteiger partial charge in [0.15, 0.2) is 6.10 Å². The number of anilines is 1. The predicted molar refractivity (Wildman–Crippen MR) is 120 cm³/mol. The summed E-state index contributed by atoms with van der Waals surface area (Å²) in [5.74, 6) is -1.84. The van der Waals surface area contributed by atoms with Gasteiger partial charge < -0.3 is 30.9 Å². The number of rotatable bonds is 4. The van der Waals surface area contributed by atoms with Crippen molar-refractivity contribution in [2.75, 3.05) is 25.5 Å². The number of para-hydroxylation sites is 1. The highest BCUT2D eigenvalue weighted by molar-refractivity contribution is 6.01. The molecule has 2 heterocycles. The van der Waals surface area contributed by atoms with E-state index in [1.807, 2.05) is 6.07 Å². The Morgan fingerprint density at radius 2 is 1.73 bits per heavy atom. The molecular weight excluding hydrogens is 426 g/mol. The Hall–Kier alpha value is -3.30. The number of hydrogen-bond acceptors (Lipinski definition) is 5. The monoisotopic (exact) mass is 457 g/mol. The van der Waals surface area contributed by atoms with Crippen LogP contribution in [0, 0.1) is 5.92 Å². The molecule has 2 aliphatic heterocycles. The lowest BCUT2D eigenvalue weighted by atomic mass is 9.75. The second-order valence-corrected chi connectivity index (χ2v) is 9.11. The molecule has 1 aliphatic carbocycles. The molecule has 3 fully saturated rings. The SMILES string of the molecule is CN1C(=O)[C@H](OC(N)=O)[C@@H](C(=O)Nc2ccccc2)C12CCN(C(=O)NC1CCCC1)CC2. The van der Waals surface area contributed by atoms with Gasteiger partial charge in [-0.25, -0.2) is 9.59 Å². The summed E-state index contributed by atoms with van der Waals surface area (Å²) >= 11 is 0. The van der Waals surface area contributed by atoms with Crippen LogP contribution in [0.1, 0.15) is 38.5 Å². The lowest BCUT2D eigenvalue weighted by Gasteiger charge is -2.46. The molecule has 1 aromatic carbocycles. The van der Waals surface area contributed by atoms with Gasteiger partial charge in [0.25, 0.3) is 5.91 Å². The van der Waals surface area contributed by atoms with Gasteiger partial charge >= 0.3 is 12.1 Å². The molecule has 0 aromatic heterocycles. The van der Waals surface area contributed by atoms with Crippen molar-refractivity contribution >= 4 is 29.6 Å². The molecule has 2 atom stereocenters. The number of likely N-dealkylation sites (N-methyl/N-ethyl adjacent to an activating group) is 1. The van der Waals surface area contributed by atoms with Crippen molar-refractivity contribution < 1.29 is 23.9 Å². The molecule has 5 amide bonds. The molecule has 0 bridgehead atoms. The number of piperidine rings is 1. The number of carbonyl (C=O) groups is 4. The Morgan fingerprint density at radius 1 is 1.09 bits per heavy atom. The van der Waals surface area contributed by atoms with Gasteiger partial charge in [0.2, 0.25) is 5.91 Å². The highest BCUT2D eigenvalue weighted by Crippen LogP contribution is 2.44. The van der Waals surface area contributed by atoms with E-state index >= 15 is 0 Å². The molecule has 10 nitrogen and oxygen atoms in total. The Labute approximate surface area is 192 Å². The standard InChI is InChI=1S/C23H31N5O5/c1-27-20(30)18(33-21(24)31)17(19(29)25-15-7-3-2-4-8-15)23(27)11-13-28(14-12-23)22(32)26-16-9-5-6-10-16/h2-4,7-8,16-18H,5-6,9-14H2,1H3,(H2,24,31)(H,25,29)(H,26,32)/t17-,18+/m0/s1. The summed E-state index contributed by atoms with van der Waals surface area (Å²) in [4.78, 5) is 54.0. The van der Waals surface area contributed by atoms with Crippen molar-refractivity contribution in [1.29, 1.82) is 0 Å². The molecule has 10 heteroatoms. The van der Waals surface area contributed by atoms with Crippen LogP contribution in [0.4, 0.5) is 15.3 Å². The van der Waals surface area contributed by atoms with Crippen LogP contribution in [-0.2, 0) is 14.3 Å². The fourth-order valence-corrected chi connectivity index (χ4v) is 5.49. The van der Waals surface area contributed by atoms with Crippen molar-refractivity contribution in [2.24, 2.45) is 11.7 Å². The molecule has 33 heavy (non-hydrogen) atoms. The van der Waals surface area contributed by atoms with Gasteiger partial charge in [0, 0.05) is 31.9 Å². The summed E-state index contributed by atoms with van der Waals surface area (Å²) < 4.78 is 5.15. The summed E-state index contributed by atoms with van der Waals surface area (Å²) in [7, 11) is 1.61. The molecule has 1 spiro atoms. The Balaban J connectivity index is 1.53. The zero-order valence-corrected chi connectivity index (χ0v) is 18.8. The zero-order chi connectivity index (χ0) is 23.6. The highest BCUT2D eigenvalue weighted by Gasteiger charge is 2.62. The van der Waals surface area contributed by atoms with E-state index in [0.29, 0.717) is 31.6 Å². The fraction of sp³-hybridized carbons (Fsp3) is 0.565. The minimum atomic E-state index is -1.31.